The maximum absolute atomic E-state index is 8.71. The Labute approximate surface area is 74.3 Å². The van der Waals surface area contributed by atoms with E-state index in [1.54, 1.807) is 0 Å². The minimum Gasteiger partial charge on any atom is -0.317 e. The molecule has 0 spiro atoms. The zero-order valence-electron chi connectivity index (χ0n) is 7.47. The SMILES string of the molecule is C=CCC1(CC#N)CCNCC1. The minimum atomic E-state index is 0.238. The highest BCUT2D eigenvalue weighted by atomic mass is 14.9. The van der Waals surface area contributed by atoms with E-state index in [2.05, 4.69) is 18.0 Å². The number of nitrogens with one attached hydrogen (secondary N) is 1. The van der Waals surface area contributed by atoms with Crippen LogP contribution in [0.2, 0.25) is 0 Å². The average Bonchev–Trinajstić information content (AvgIpc) is 2.07. The van der Waals surface area contributed by atoms with E-state index in [1.165, 1.54) is 0 Å². The Hall–Kier alpha value is -0.810. The molecule has 0 radical (unpaired) electrons. The average molecular weight is 164 g/mol. The molecule has 0 saturated carbocycles. The van der Waals surface area contributed by atoms with E-state index in [1.807, 2.05) is 6.08 Å². The predicted molar refractivity (Wildman–Crippen MR) is 49.6 cm³/mol. The lowest BCUT2D eigenvalue weighted by atomic mass is 9.74. The molecule has 0 aliphatic carbocycles. The van der Waals surface area contributed by atoms with Crippen molar-refractivity contribution >= 4 is 0 Å². The first-order chi connectivity index (χ1) is 5.83. The summed E-state index contributed by atoms with van der Waals surface area (Å²) in [5.74, 6) is 0. The van der Waals surface area contributed by atoms with E-state index in [9.17, 15) is 0 Å². The second kappa shape index (κ2) is 4.27. The van der Waals surface area contributed by atoms with Crippen LogP contribution in [0, 0.1) is 16.7 Å². The van der Waals surface area contributed by atoms with Crippen molar-refractivity contribution in [3.05, 3.63) is 12.7 Å². The van der Waals surface area contributed by atoms with Crippen LogP contribution in [0.25, 0.3) is 0 Å². The third kappa shape index (κ3) is 2.09. The lowest BCUT2D eigenvalue weighted by Gasteiger charge is -2.34. The number of hydrogen-bond acceptors (Lipinski definition) is 2. The molecule has 12 heavy (non-hydrogen) atoms. The summed E-state index contributed by atoms with van der Waals surface area (Å²) in [6, 6.07) is 2.29. The van der Waals surface area contributed by atoms with Gasteiger partial charge >= 0.3 is 0 Å². The van der Waals surface area contributed by atoms with Crippen LogP contribution in [0.3, 0.4) is 0 Å². The smallest absolute Gasteiger partial charge is 0.0627 e. The summed E-state index contributed by atoms with van der Waals surface area (Å²) in [4.78, 5) is 0. The van der Waals surface area contributed by atoms with Crippen molar-refractivity contribution in [2.75, 3.05) is 13.1 Å². The first-order valence-corrected chi connectivity index (χ1v) is 4.51. The number of hydrogen-bond donors (Lipinski definition) is 1. The Morgan fingerprint density at radius 1 is 1.50 bits per heavy atom. The molecule has 0 bridgehead atoms. The van der Waals surface area contributed by atoms with E-state index in [-0.39, 0.29) is 5.41 Å². The van der Waals surface area contributed by atoms with E-state index in [0.29, 0.717) is 6.42 Å². The molecule has 66 valence electrons. The van der Waals surface area contributed by atoms with Gasteiger partial charge in [-0.25, -0.2) is 0 Å². The van der Waals surface area contributed by atoms with Crippen molar-refractivity contribution in [1.29, 1.82) is 5.26 Å². The Kier molecular flexibility index (Phi) is 3.31. The topological polar surface area (TPSA) is 35.8 Å². The molecule has 0 amide bonds. The number of nitriles is 1. The summed E-state index contributed by atoms with van der Waals surface area (Å²) in [7, 11) is 0. The molecule has 1 aliphatic rings. The summed E-state index contributed by atoms with van der Waals surface area (Å²) in [5.41, 5.74) is 0.238. The zero-order valence-corrected chi connectivity index (χ0v) is 7.47. The minimum absolute atomic E-state index is 0.238. The van der Waals surface area contributed by atoms with Crippen LogP contribution in [0.15, 0.2) is 12.7 Å². The molecule has 1 saturated heterocycles. The van der Waals surface area contributed by atoms with Crippen LogP contribution in [0.4, 0.5) is 0 Å². The van der Waals surface area contributed by atoms with Crippen LogP contribution in [0.5, 0.6) is 0 Å². The maximum atomic E-state index is 8.71. The number of nitrogens with zero attached hydrogens (tertiary/aromatic N) is 1. The molecule has 1 N–H and O–H groups in total. The molecular formula is C10H16N2. The zero-order chi connectivity index (χ0) is 8.86. The predicted octanol–water partition coefficient (Wildman–Crippen LogP) is 1.85. The standard InChI is InChI=1S/C10H16N2/c1-2-3-10(4-7-11)5-8-12-9-6-10/h2,12H,1,3-6,8-9H2. The van der Waals surface area contributed by atoms with Gasteiger partial charge in [-0.3, -0.25) is 0 Å². The molecule has 1 rings (SSSR count). The monoisotopic (exact) mass is 164 g/mol. The van der Waals surface area contributed by atoms with Gasteiger partial charge in [-0.2, -0.15) is 5.26 Å². The molecule has 0 aromatic carbocycles. The normalized spacial score (nSPS) is 21.2. The highest BCUT2D eigenvalue weighted by molar-refractivity contribution is 4.95. The van der Waals surface area contributed by atoms with Crippen molar-refractivity contribution in [2.45, 2.75) is 25.7 Å². The van der Waals surface area contributed by atoms with Gasteiger partial charge in [0.2, 0.25) is 0 Å². The van der Waals surface area contributed by atoms with Crippen molar-refractivity contribution in [1.82, 2.24) is 5.32 Å². The summed E-state index contributed by atoms with van der Waals surface area (Å²) >= 11 is 0. The van der Waals surface area contributed by atoms with Crippen LogP contribution < -0.4 is 5.32 Å². The van der Waals surface area contributed by atoms with Crippen molar-refractivity contribution in [3.8, 4) is 6.07 Å². The lowest BCUT2D eigenvalue weighted by Crippen LogP contribution is -2.36. The second-order valence-electron chi connectivity index (χ2n) is 3.58. The molecule has 0 atom stereocenters. The van der Waals surface area contributed by atoms with Gasteiger partial charge in [0.15, 0.2) is 0 Å². The van der Waals surface area contributed by atoms with Gasteiger partial charge in [-0.1, -0.05) is 6.08 Å². The Balaban J connectivity index is 2.57. The molecule has 0 aromatic heterocycles. The summed E-state index contributed by atoms with van der Waals surface area (Å²) in [6.07, 6.45) is 5.85. The molecule has 2 nitrogen and oxygen atoms in total. The third-order valence-corrected chi connectivity index (χ3v) is 2.70. The van der Waals surface area contributed by atoms with Gasteiger partial charge in [0.1, 0.15) is 0 Å². The van der Waals surface area contributed by atoms with Gasteiger partial charge in [0.25, 0.3) is 0 Å². The Morgan fingerprint density at radius 2 is 2.17 bits per heavy atom. The first-order valence-electron chi connectivity index (χ1n) is 4.51. The molecule has 1 heterocycles. The van der Waals surface area contributed by atoms with Crippen LogP contribution in [-0.2, 0) is 0 Å². The van der Waals surface area contributed by atoms with E-state index >= 15 is 0 Å². The fourth-order valence-corrected chi connectivity index (χ4v) is 1.88. The number of rotatable bonds is 3. The number of allylic oxidation sites excluding steroid dienone is 1. The van der Waals surface area contributed by atoms with Gasteiger partial charge < -0.3 is 5.32 Å². The molecule has 2 heteroatoms. The van der Waals surface area contributed by atoms with Crippen molar-refractivity contribution in [2.24, 2.45) is 5.41 Å². The molecule has 0 unspecified atom stereocenters. The highest BCUT2D eigenvalue weighted by Gasteiger charge is 2.30. The number of piperidine rings is 1. The Morgan fingerprint density at radius 3 is 2.67 bits per heavy atom. The van der Waals surface area contributed by atoms with E-state index in [0.717, 1.165) is 32.4 Å². The van der Waals surface area contributed by atoms with Crippen LogP contribution in [-0.4, -0.2) is 13.1 Å². The fraction of sp³-hybridized carbons (Fsp3) is 0.700. The van der Waals surface area contributed by atoms with E-state index < -0.39 is 0 Å². The fourth-order valence-electron chi connectivity index (χ4n) is 1.88. The Bertz CT molecular complexity index is 185. The lowest BCUT2D eigenvalue weighted by molar-refractivity contribution is 0.210. The summed E-state index contributed by atoms with van der Waals surface area (Å²) in [5, 5.41) is 12.0. The second-order valence-corrected chi connectivity index (χ2v) is 3.58. The largest absolute Gasteiger partial charge is 0.317 e. The van der Waals surface area contributed by atoms with Gasteiger partial charge in [0.05, 0.1) is 6.07 Å². The highest BCUT2D eigenvalue weighted by Crippen LogP contribution is 2.36. The first kappa shape index (κ1) is 9.28. The van der Waals surface area contributed by atoms with E-state index in [4.69, 9.17) is 5.26 Å². The van der Waals surface area contributed by atoms with Crippen LogP contribution >= 0.6 is 0 Å². The van der Waals surface area contributed by atoms with Crippen molar-refractivity contribution in [3.63, 3.8) is 0 Å². The summed E-state index contributed by atoms with van der Waals surface area (Å²) in [6.45, 7) is 5.85. The molecule has 1 aliphatic heterocycles. The summed E-state index contributed by atoms with van der Waals surface area (Å²) < 4.78 is 0. The molecule has 0 aromatic rings. The van der Waals surface area contributed by atoms with Gasteiger partial charge in [-0.05, 0) is 37.8 Å². The van der Waals surface area contributed by atoms with Gasteiger partial charge in [0, 0.05) is 6.42 Å². The maximum Gasteiger partial charge on any atom is 0.0627 e. The molecular weight excluding hydrogens is 148 g/mol. The van der Waals surface area contributed by atoms with Gasteiger partial charge in [-0.15, -0.1) is 6.58 Å². The quantitative estimate of drug-likeness (QED) is 0.646. The van der Waals surface area contributed by atoms with Crippen LogP contribution in [0.1, 0.15) is 25.7 Å². The molecule has 1 fully saturated rings. The van der Waals surface area contributed by atoms with Crippen molar-refractivity contribution < 1.29 is 0 Å². The third-order valence-electron chi connectivity index (χ3n) is 2.70.